The molecule has 7 heteroatoms. The number of benzene rings is 2. The summed E-state index contributed by atoms with van der Waals surface area (Å²) in [7, 11) is 0. The molecule has 0 aromatic heterocycles. The molecule has 2 aromatic carbocycles. The van der Waals surface area contributed by atoms with E-state index in [4.69, 9.17) is 11.6 Å². The van der Waals surface area contributed by atoms with Gasteiger partial charge in [-0.3, -0.25) is 4.79 Å². The lowest BCUT2D eigenvalue weighted by Gasteiger charge is -2.10. The summed E-state index contributed by atoms with van der Waals surface area (Å²) >= 11 is 5.61. The van der Waals surface area contributed by atoms with Crippen molar-refractivity contribution in [1.29, 1.82) is 0 Å². The Kier molecular flexibility index (Phi) is 5.26. The van der Waals surface area contributed by atoms with Crippen LogP contribution in [0.1, 0.15) is 16.7 Å². The van der Waals surface area contributed by atoms with Gasteiger partial charge in [0.05, 0.1) is 12.0 Å². The summed E-state index contributed by atoms with van der Waals surface area (Å²) in [6.07, 6.45) is -4.66. The van der Waals surface area contributed by atoms with Crippen LogP contribution in [0.15, 0.2) is 42.5 Å². The minimum atomic E-state index is -4.44. The minimum Gasteiger partial charge on any atom is -0.352 e. The van der Waals surface area contributed by atoms with Crippen LogP contribution >= 0.6 is 11.6 Å². The molecule has 0 atom stereocenters. The van der Waals surface area contributed by atoms with Crippen molar-refractivity contribution in [1.82, 2.24) is 5.32 Å². The lowest BCUT2D eigenvalue weighted by atomic mass is 10.1. The molecule has 0 aliphatic rings. The minimum absolute atomic E-state index is 0.0715. The number of hydrogen-bond donors (Lipinski definition) is 1. The fraction of sp³-hybridized carbons (Fsp3) is 0.188. The van der Waals surface area contributed by atoms with Crippen molar-refractivity contribution in [3.8, 4) is 0 Å². The van der Waals surface area contributed by atoms with Gasteiger partial charge in [-0.2, -0.15) is 13.2 Å². The molecule has 0 aliphatic heterocycles. The highest BCUT2D eigenvalue weighted by Gasteiger charge is 2.30. The Balaban J connectivity index is 1.97. The maximum Gasteiger partial charge on any atom is 0.416 e. The van der Waals surface area contributed by atoms with Crippen LogP contribution in [-0.2, 0) is 23.9 Å². The highest BCUT2D eigenvalue weighted by molar-refractivity contribution is 6.30. The van der Waals surface area contributed by atoms with Crippen molar-refractivity contribution in [2.24, 2.45) is 0 Å². The van der Waals surface area contributed by atoms with Gasteiger partial charge < -0.3 is 5.32 Å². The van der Waals surface area contributed by atoms with E-state index >= 15 is 0 Å². The Hall–Kier alpha value is -2.08. The SMILES string of the molecule is O=C(Cc1ccc(Cl)cc1F)NCc1cccc(C(F)(F)F)c1. The number of rotatable bonds is 4. The quantitative estimate of drug-likeness (QED) is 0.820. The van der Waals surface area contributed by atoms with Crippen LogP contribution in [0.5, 0.6) is 0 Å². The third-order valence-corrected chi connectivity index (χ3v) is 3.35. The highest BCUT2D eigenvalue weighted by atomic mass is 35.5. The molecule has 0 fully saturated rings. The molecule has 0 saturated carbocycles. The maximum atomic E-state index is 13.6. The average molecular weight is 346 g/mol. The van der Waals surface area contributed by atoms with Crippen molar-refractivity contribution in [3.63, 3.8) is 0 Å². The molecular weight excluding hydrogens is 334 g/mol. The molecule has 0 saturated heterocycles. The zero-order valence-electron chi connectivity index (χ0n) is 11.8. The van der Waals surface area contributed by atoms with Crippen LogP contribution in [-0.4, -0.2) is 5.91 Å². The molecule has 0 radical (unpaired) electrons. The summed E-state index contributed by atoms with van der Waals surface area (Å²) in [4.78, 5) is 11.8. The Morgan fingerprint density at radius 2 is 1.87 bits per heavy atom. The molecular formula is C16H12ClF4NO. The molecule has 0 spiro atoms. The predicted octanol–water partition coefficient (Wildman–Crippen LogP) is 4.36. The van der Waals surface area contributed by atoms with Crippen molar-refractivity contribution in [2.75, 3.05) is 0 Å². The van der Waals surface area contributed by atoms with Crippen molar-refractivity contribution in [3.05, 3.63) is 70.0 Å². The first kappa shape index (κ1) is 17.3. The van der Waals surface area contributed by atoms with Gasteiger partial charge in [-0.05, 0) is 35.4 Å². The van der Waals surface area contributed by atoms with Crippen LogP contribution in [0.4, 0.5) is 17.6 Å². The Morgan fingerprint density at radius 3 is 2.52 bits per heavy atom. The lowest BCUT2D eigenvalue weighted by Crippen LogP contribution is -2.25. The van der Waals surface area contributed by atoms with E-state index in [0.717, 1.165) is 18.2 Å². The zero-order chi connectivity index (χ0) is 17.0. The Bertz CT molecular complexity index is 715. The highest BCUT2D eigenvalue weighted by Crippen LogP contribution is 2.29. The average Bonchev–Trinajstić information content (AvgIpc) is 2.47. The molecule has 23 heavy (non-hydrogen) atoms. The molecule has 0 heterocycles. The van der Waals surface area contributed by atoms with E-state index in [1.807, 2.05) is 0 Å². The molecule has 122 valence electrons. The second kappa shape index (κ2) is 7.00. The van der Waals surface area contributed by atoms with E-state index in [9.17, 15) is 22.4 Å². The Labute approximate surface area is 135 Å². The van der Waals surface area contributed by atoms with E-state index in [2.05, 4.69) is 5.32 Å². The lowest BCUT2D eigenvalue weighted by molar-refractivity contribution is -0.137. The number of amides is 1. The van der Waals surface area contributed by atoms with Gasteiger partial charge in [0.15, 0.2) is 0 Å². The number of carbonyl (C=O) groups excluding carboxylic acids is 1. The first-order chi connectivity index (χ1) is 10.8. The Morgan fingerprint density at radius 1 is 1.13 bits per heavy atom. The standard InChI is InChI=1S/C16H12ClF4NO/c17-13-5-4-11(14(18)8-13)7-15(23)22-9-10-2-1-3-12(6-10)16(19,20)21/h1-6,8H,7,9H2,(H,22,23). The van der Waals surface area contributed by atoms with Gasteiger partial charge in [0.2, 0.25) is 5.91 Å². The number of nitrogens with one attached hydrogen (secondary N) is 1. The van der Waals surface area contributed by atoms with Crippen LogP contribution in [0.25, 0.3) is 0 Å². The summed E-state index contributed by atoms with van der Waals surface area (Å²) in [5.74, 6) is -1.10. The first-order valence-corrected chi connectivity index (χ1v) is 7.00. The van der Waals surface area contributed by atoms with Gasteiger partial charge in [0, 0.05) is 11.6 Å². The second-order valence-corrected chi connectivity index (χ2v) is 5.32. The van der Waals surface area contributed by atoms with Gasteiger partial charge in [-0.15, -0.1) is 0 Å². The van der Waals surface area contributed by atoms with Crippen LogP contribution in [0.2, 0.25) is 5.02 Å². The monoisotopic (exact) mass is 345 g/mol. The summed E-state index contributed by atoms with van der Waals surface area (Å²) in [6, 6.07) is 8.59. The van der Waals surface area contributed by atoms with E-state index in [1.165, 1.54) is 24.3 Å². The summed E-state index contributed by atoms with van der Waals surface area (Å²) in [6.45, 7) is -0.0715. The van der Waals surface area contributed by atoms with Gasteiger partial charge in [-0.25, -0.2) is 4.39 Å². The van der Waals surface area contributed by atoms with Crippen LogP contribution in [0.3, 0.4) is 0 Å². The molecule has 1 N–H and O–H groups in total. The zero-order valence-corrected chi connectivity index (χ0v) is 12.5. The van der Waals surface area contributed by atoms with Gasteiger partial charge in [0.25, 0.3) is 0 Å². The van der Waals surface area contributed by atoms with Crippen molar-refractivity contribution >= 4 is 17.5 Å². The molecule has 1 amide bonds. The topological polar surface area (TPSA) is 29.1 Å². The predicted molar refractivity (Wildman–Crippen MR) is 78.4 cm³/mol. The largest absolute Gasteiger partial charge is 0.416 e. The third kappa shape index (κ3) is 4.96. The number of alkyl halides is 3. The van der Waals surface area contributed by atoms with Gasteiger partial charge in [-0.1, -0.05) is 29.8 Å². The fourth-order valence-electron chi connectivity index (χ4n) is 1.96. The van der Waals surface area contributed by atoms with Crippen molar-refractivity contribution < 1.29 is 22.4 Å². The van der Waals surface area contributed by atoms with Gasteiger partial charge in [0.1, 0.15) is 5.82 Å². The molecule has 0 aliphatic carbocycles. The van der Waals surface area contributed by atoms with Gasteiger partial charge >= 0.3 is 6.18 Å². The second-order valence-electron chi connectivity index (χ2n) is 4.89. The molecule has 2 nitrogen and oxygen atoms in total. The van der Waals surface area contributed by atoms with Crippen LogP contribution < -0.4 is 5.32 Å². The van der Waals surface area contributed by atoms with Crippen molar-refractivity contribution in [2.45, 2.75) is 19.1 Å². The molecule has 2 rings (SSSR count). The van der Waals surface area contributed by atoms with E-state index in [-0.39, 0.29) is 23.6 Å². The normalized spacial score (nSPS) is 11.3. The number of halogens is 5. The van der Waals surface area contributed by atoms with Crippen LogP contribution in [0, 0.1) is 5.82 Å². The smallest absolute Gasteiger partial charge is 0.352 e. The first-order valence-electron chi connectivity index (χ1n) is 6.62. The van der Waals surface area contributed by atoms with E-state index < -0.39 is 23.5 Å². The third-order valence-electron chi connectivity index (χ3n) is 3.11. The summed E-state index contributed by atoms with van der Waals surface area (Å²) in [5, 5.41) is 2.68. The molecule has 0 bridgehead atoms. The molecule has 0 unspecified atom stereocenters. The summed E-state index contributed by atoms with van der Waals surface area (Å²) in [5.41, 5.74) is -0.311. The summed E-state index contributed by atoms with van der Waals surface area (Å²) < 4.78 is 51.3. The molecule has 2 aromatic rings. The fourth-order valence-corrected chi connectivity index (χ4v) is 2.12. The maximum absolute atomic E-state index is 13.6. The van der Waals surface area contributed by atoms with E-state index in [1.54, 1.807) is 0 Å². The number of carbonyl (C=O) groups is 1. The van der Waals surface area contributed by atoms with E-state index in [0.29, 0.717) is 5.56 Å². The number of hydrogen-bond acceptors (Lipinski definition) is 1.